The Labute approximate surface area is 189 Å². The first-order valence-electron chi connectivity index (χ1n) is 10.5. The van der Waals surface area contributed by atoms with E-state index in [1.165, 1.54) is 28.6 Å². The third-order valence-corrected chi connectivity index (χ3v) is 7.82. The van der Waals surface area contributed by atoms with E-state index in [1.54, 1.807) is 24.6 Å². The number of thioether (sulfide) groups is 1. The Kier molecular flexibility index (Phi) is 6.20. The maximum atomic E-state index is 12.0. The van der Waals surface area contributed by atoms with Crippen LogP contribution in [0.3, 0.4) is 0 Å². The number of nitrogens with zero attached hydrogens (tertiary/aromatic N) is 4. The molecule has 0 fully saturated rings. The smallest absolute Gasteiger partial charge is 0.325 e. The first-order valence-corrected chi connectivity index (χ1v) is 12.3. The molecular weight excluding hydrogens is 434 g/mol. The summed E-state index contributed by atoms with van der Waals surface area (Å²) in [5, 5.41) is 13.0. The fraction of sp³-hybridized carbons (Fsp3) is 0.571. The van der Waals surface area contributed by atoms with Crippen molar-refractivity contribution in [3.05, 3.63) is 16.8 Å². The highest BCUT2D eigenvalue weighted by atomic mass is 32.2. The summed E-state index contributed by atoms with van der Waals surface area (Å²) in [5.74, 6) is 0.0928. The monoisotopic (exact) mass is 461 g/mol. The molecule has 1 atom stereocenters. The van der Waals surface area contributed by atoms with Gasteiger partial charge in [0.2, 0.25) is 5.91 Å². The van der Waals surface area contributed by atoms with Gasteiger partial charge in [-0.3, -0.25) is 14.0 Å². The van der Waals surface area contributed by atoms with Crippen LogP contribution in [0.1, 0.15) is 44.6 Å². The Balaban J connectivity index is 1.52. The number of carbonyl (C=O) groups excluding carboxylic acids is 2. The number of ether oxygens (including phenoxy) is 1. The van der Waals surface area contributed by atoms with Gasteiger partial charge in [0.05, 0.1) is 17.7 Å². The van der Waals surface area contributed by atoms with Crippen LogP contribution >= 0.6 is 23.1 Å². The van der Waals surface area contributed by atoms with Gasteiger partial charge in [0.1, 0.15) is 17.7 Å². The van der Waals surface area contributed by atoms with Crippen molar-refractivity contribution in [2.45, 2.75) is 52.1 Å². The fourth-order valence-corrected chi connectivity index (χ4v) is 5.95. The summed E-state index contributed by atoms with van der Waals surface area (Å²) in [6, 6.07) is 0. The van der Waals surface area contributed by atoms with Gasteiger partial charge in [0, 0.05) is 4.88 Å². The van der Waals surface area contributed by atoms with E-state index in [0.29, 0.717) is 23.1 Å². The zero-order valence-corrected chi connectivity index (χ0v) is 19.9. The number of esters is 1. The van der Waals surface area contributed by atoms with Crippen LogP contribution in [0, 0.1) is 11.3 Å². The van der Waals surface area contributed by atoms with Gasteiger partial charge in [0.25, 0.3) is 0 Å². The summed E-state index contributed by atoms with van der Waals surface area (Å²) < 4.78 is 6.67. The minimum atomic E-state index is -0.448. The lowest BCUT2D eigenvalue weighted by Crippen LogP contribution is -2.31. The number of rotatable bonds is 6. The molecule has 8 nitrogen and oxygen atoms in total. The molecule has 1 unspecified atom stereocenters. The molecular formula is C21H27N5O3S2. The van der Waals surface area contributed by atoms with Crippen molar-refractivity contribution in [3.8, 4) is 0 Å². The van der Waals surface area contributed by atoms with Gasteiger partial charge in [-0.2, -0.15) is 0 Å². The molecule has 0 saturated heterocycles. The first-order chi connectivity index (χ1) is 14.8. The Bertz CT molecular complexity index is 1130. The maximum Gasteiger partial charge on any atom is 0.325 e. The van der Waals surface area contributed by atoms with Gasteiger partial charge < -0.3 is 10.1 Å². The van der Waals surface area contributed by atoms with Crippen molar-refractivity contribution in [3.63, 3.8) is 0 Å². The highest BCUT2D eigenvalue weighted by Crippen LogP contribution is 2.43. The molecule has 4 rings (SSSR count). The van der Waals surface area contributed by atoms with Crippen LogP contribution in [0.5, 0.6) is 0 Å². The normalized spacial score (nSPS) is 16.5. The summed E-state index contributed by atoms with van der Waals surface area (Å²) in [6.07, 6.45) is 5.02. The number of thiophene rings is 1. The number of carbonyl (C=O) groups is 2. The minimum absolute atomic E-state index is 0.132. The van der Waals surface area contributed by atoms with E-state index in [2.05, 4.69) is 41.3 Å². The molecule has 1 N–H and O–H groups in total. The number of aromatic nitrogens is 4. The van der Waals surface area contributed by atoms with E-state index in [4.69, 9.17) is 4.74 Å². The number of fused-ring (bicyclic) bond motifs is 5. The molecule has 1 aliphatic rings. The fourth-order valence-electron chi connectivity index (χ4n) is 3.96. The maximum absolute atomic E-state index is 12.0. The highest BCUT2D eigenvalue weighted by Gasteiger charge is 2.31. The van der Waals surface area contributed by atoms with Gasteiger partial charge >= 0.3 is 5.97 Å². The summed E-state index contributed by atoms with van der Waals surface area (Å²) in [4.78, 5) is 30.5. The Hall–Kier alpha value is -2.20. The van der Waals surface area contributed by atoms with E-state index < -0.39 is 5.97 Å². The predicted molar refractivity (Wildman–Crippen MR) is 122 cm³/mol. The largest absolute Gasteiger partial charge is 0.465 e. The minimum Gasteiger partial charge on any atom is -0.465 e. The average molecular weight is 462 g/mol. The molecule has 166 valence electrons. The third kappa shape index (κ3) is 4.55. The topological polar surface area (TPSA) is 98.5 Å². The van der Waals surface area contributed by atoms with Crippen molar-refractivity contribution in [2.24, 2.45) is 11.3 Å². The molecule has 1 aliphatic carbocycles. The first kappa shape index (κ1) is 22.0. The van der Waals surface area contributed by atoms with E-state index in [9.17, 15) is 9.59 Å². The van der Waals surface area contributed by atoms with E-state index in [0.717, 1.165) is 28.7 Å². The molecule has 0 spiro atoms. The van der Waals surface area contributed by atoms with Gasteiger partial charge in [-0.05, 0) is 43.1 Å². The average Bonchev–Trinajstić information content (AvgIpc) is 3.30. The Morgan fingerprint density at radius 3 is 2.90 bits per heavy atom. The molecule has 3 aromatic rings. The lowest BCUT2D eigenvalue weighted by atomic mass is 9.72. The van der Waals surface area contributed by atoms with Crippen LogP contribution in [0.25, 0.3) is 15.9 Å². The van der Waals surface area contributed by atoms with Crippen LogP contribution in [-0.2, 0) is 27.2 Å². The lowest BCUT2D eigenvalue weighted by molar-refractivity contribution is -0.143. The molecule has 0 bridgehead atoms. The third-order valence-electron chi connectivity index (χ3n) is 5.72. The number of nitrogens with one attached hydrogen (secondary N) is 1. The quantitative estimate of drug-likeness (QED) is 0.444. The summed E-state index contributed by atoms with van der Waals surface area (Å²) in [5.41, 5.74) is 2.45. The number of amides is 1. The van der Waals surface area contributed by atoms with Crippen molar-refractivity contribution < 1.29 is 14.3 Å². The standard InChI is InChI=1S/C21H27N5O3S2/c1-5-29-16(28)9-22-15(27)10-30-20-25-24-18-17-13-7-6-12(21(2,3)4)8-14(13)31-19(17)23-11-26(18)20/h11-12H,5-10H2,1-4H3,(H,22,27). The Morgan fingerprint density at radius 2 is 2.16 bits per heavy atom. The molecule has 0 saturated carbocycles. The van der Waals surface area contributed by atoms with Crippen LogP contribution in [-0.4, -0.2) is 50.4 Å². The summed E-state index contributed by atoms with van der Waals surface area (Å²) in [6.45, 7) is 8.84. The van der Waals surface area contributed by atoms with E-state index in [-0.39, 0.29) is 18.2 Å². The summed E-state index contributed by atoms with van der Waals surface area (Å²) in [7, 11) is 0. The van der Waals surface area contributed by atoms with Crippen LogP contribution < -0.4 is 5.32 Å². The molecule has 10 heteroatoms. The second kappa shape index (κ2) is 8.74. The highest BCUT2D eigenvalue weighted by molar-refractivity contribution is 7.99. The van der Waals surface area contributed by atoms with Crippen molar-refractivity contribution in [1.82, 2.24) is 24.9 Å². The molecule has 1 amide bonds. The number of aryl methyl sites for hydroxylation is 1. The Morgan fingerprint density at radius 1 is 1.35 bits per heavy atom. The molecule has 3 heterocycles. The van der Waals surface area contributed by atoms with Crippen LogP contribution in [0.4, 0.5) is 0 Å². The molecule has 0 aromatic carbocycles. The van der Waals surface area contributed by atoms with Gasteiger partial charge in [-0.1, -0.05) is 32.5 Å². The zero-order valence-electron chi connectivity index (χ0n) is 18.2. The van der Waals surface area contributed by atoms with E-state index >= 15 is 0 Å². The van der Waals surface area contributed by atoms with Gasteiger partial charge in [-0.15, -0.1) is 21.5 Å². The van der Waals surface area contributed by atoms with Crippen molar-refractivity contribution >= 4 is 50.8 Å². The SMILES string of the molecule is CCOC(=O)CNC(=O)CSc1nnc2c3c4c(sc3ncn12)CC(C(C)(C)C)CC4. The molecule has 3 aromatic heterocycles. The van der Waals surface area contributed by atoms with Crippen molar-refractivity contribution in [2.75, 3.05) is 18.9 Å². The van der Waals surface area contributed by atoms with Crippen LogP contribution in [0.2, 0.25) is 0 Å². The van der Waals surface area contributed by atoms with Gasteiger partial charge in [-0.25, -0.2) is 4.98 Å². The second-order valence-corrected chi connectivity index (χ2v) is 10.8. The molecule has 0 radical (unpaired) electrons. The molecule has 0 aliphatic heterocycles. The predicted octanol–water partition coefficient (Wildman–Crippen LogP) is 3.26. The zero-order chi connectivity index (χ0) is 22.2. The van der Waals surface area contributed by atoms with E-state index in [1.807, 2.05) is 4.40 Å². The number of hydrogen-bond donors (Lipinski definition) is 1. The van der Waals surface area contributed by atoms with Crippen LogP contribution in [0.15, 0.2) is 11.5 Å². The van der Waals surface area contributed by atoms with Gasteiger partial charge in [0.15, 0.2) is 10.8 Å². The van der Waals surface area contributed by atoms with Crippen molar-refractivity contribution in [1.29, 1.82) is 0 Å². The lowest BCUT2D eigenvalue weighted by Gasteiger charge is -2.33. The molecule has 31 heavy (non-hydrogen) atoms. The number of hydrogen-bond acceptors (Lipinski definition) is 8. The second-order valence-electron chi connectivity index (χ2n) is 8.78. The summed E-state index contributed by atoms with van der Waals surface area (Å²) >= 11 is 3.04.